The van der Waals surface area contributed by atoms with E-state index in [4.69, 9.17) is 12.2 Å². The van der Waals surface area contributed by atoms with Crippen LogP contribution in [-0.2, 0) is 0 Å². The average Bonchev–Trinajstić information content (AvgIpc) is 2.92. The summed E-state index contributed by atoms with van der Waals surface area (Å²) in [6, 6.07) is 0.649. The highest BCUT2D eigenvalue weighted by Gasteiger charge is 2.41. The van der Waals surface area contributed by atoms with Crippen molar-refractivity contribution in [1.82, 2.24) is 10.6 Å². The van der Waals surface area contributed by atoms with Gasteiger partial charge in [-0.25, -0.2) is 0 Å². The minimum atomic E-state index is 0.649. The smallest absolute Gasteiger partial charge is 0.166 e. The van der Waals surface area contributed by atoms with E-state index in [-0.39, 0.29) is 0 Å². The Morgan fingerprint density at radius 3 is 2.86 bits per heavy atom. The Bertz CT molecular complexity index is 217. The molecule has 0 spiro atoms. The van der Waals surface area contributed by atoms with Crippen LogP contribution < -0.4 is 10.6 Å². The normalized spacial score (nSPS) is 34.5. The van der Waals surface area contributed by atoms with Crippen LogP contribution in [0.15, 0.2) is 0 Å². The lowest BCUT2D eigenvalue weighted by Gasteiger charge is -2.24. The van der Waals surface area contributed by atoms with Gasteiger partial charge in [0.2, 0.25) is 0 Å². The topological polar surface area (TPSA) is 24.1 Å². The second-order valence-corrected chi connectivity index (χ2v) is 5.07. The Kier molecular flexibility index (Phi) is 3.26. The predicted octanol–water partition coefficient (Wildman–Crippen LogP) is 2.05. The van der Waals surface area contributed by atoms with Gasteiger partial charge >= 0.3 is 0 Å². The molecule has 0 aromatic heterocycles. The third-order valence-corrected chi connectivity index (χ3v) is 3.68. The standard InChI is InChI=1S/C11H20N2S/c1-2-5-12-11(14)13-10-4-3-8-6-9(8)7-10/h8-10H,2-7H2,1H3,(H2,12,13,14). The molecular weight excluding hydrogens is 192 g/mol. The molecule has 0 radical (unpaired) electrons. The van der Waals surface area contributed by atoms with Crippen molar-refractivity contribution in [3.8, 4) is 0 Å². The Morgan fingerprint density at radius 1 is 1.29 bits per heavy atom. The zero-order valence-electron chi connectivity index (χ0n) is 8.88. The van der Waals surface area contributed by atoms with Crippen LogP contribution in [0, 0.1) is 11.8 Å². The third kappa shape index (κ3) is 2.59. The van der Waals surface area contributed by atoms with Crippen LogP contribution in [0.5, 0.6) is 0 Å². The fourth-order valence-electron chi connectivity index (χ4n) is 2.46. The van der Waals surface area contributed by atoms with E-state index in [0.717, 1.165) is 29.9 Å². The van der Waals surface area contributed by atoms with Crippen molar-refractivity contribution >= 4 is 17.3 Å². The monoisotopic (exact) mass is 212 g/mol. The molecule has 3 unspecified atom stereocenters. The van der Waals surface area contributed by atoms with Crippen LogP contribution in [0.1, 0.15) is 39.0 Å². The van der Waals surface area contributed by atoms with E-state index >= 15 is 0 Å². The van der Waals surface area contributed by atoms with E-state index in [9.17, 15) is 0 Å². The van der Waals surface area contributed by atoms with Crippen molar-refractivity contribution in [3.05, 3.63) is 0 Å². The maximum absolute atomic E-state index is 5.23. The molecule has 2 fully saturated rings. The number of nitrogens with one attached hydrogen (secondary N) is 2. The fourth-order valence-corrected chi connectivity index (χ4v) is 2.73. The summed E-state index contributed by atoms with van der Waals surface area (Å²) in [6.07, 6.45) is 6.69. The molecule has 0 aromatic rings. The number of thiocarbonyl (C=S) groups is 1. The van der Waals surface area contributed by atoms with Crippen molar-refractivity contribution in [3.63, 3.8) is 0 Å². The Hall–Kier alpha value is -0.310. The van der Waals surface area contributed by atoms with E-state index in [1.54, 1.807) is 0 Å². The van der Waals surface area contributed by atoms with Crippen LogP contribution in [0.3, 0.4) is 0 Å². The van der Waals surface area contributed by atoms with E-state index in [1.165, 1.54) is 25.7 Å². The largest absolute Gasteiger partial charge is 0.363 e. The first-order valence-electron chi connectivity index (χ1n) is 5.84. The minimum Gasteiger partial charge on any atom is -0.363 e. The molecular formula is C11H20N2S. The van der Waals surface area contributed by atoms with Crippen molar-refractivity contribution in [2.24, 2.45) is 11.8 Å². The lowest BCUT2D eigenvalue weighted by molar-refractivity contribution is 0.395. The maximum Gasteiger partial charge on any atom is 0.166 e. The molecule has 3 heteroatoms. The fraction of sp³-hybridized carbons (Fsp3) is 0.909. The van der Waals surface area contributed by atoms with E-state index in [0.29, 0.717) is 6.04 Å². The van der Waals surface area contributed by atoms with Gasteiger partial charge in [-0.3, -0.25) is 0 Å². The van der Waals surface area contributed by atoms with Gasteiger partial charge in [0.05, 0.1) is 0 Å². The molecule has 0 bridgehead atoms. The molecule has 2 nitrogen and oxygen atoms in total. The predicted molar refractivity (Wildman–Crippen MR) is 63.3 cm³/mol. The summed E-state index contributed by atoms with van der Waals surface area (Å²) < 4.78 is 0. The van der Waals surface area contributed by atoms with Crippen molar-refractivity contribution in [2.75, 3.05) is 6.54 Å². The Balaban J connectivity index is 1.66. The molecule has 0 amide bonds. The maximum atomic E-state index is 5.23. The second-order valence-electron chi connectivity index (χ2n) is 4.67. The molecule has 2 aliphatic carbocycles. The Labute approximate surface area is 91.8 Å². The van der Waals surface area contributed by atoms with Gasteiger partial charge in [-0.15, -0.1) is 0 Å². The Morgan fingerprint density at radius 2 is 2.14 bits per heavy atom. The van der Waals surface area contributed by atoms with Crippen molar-refractivity contribution < 1.29 is 0 Å². The number of fused-ring (bicyclic) bond motifs is 1. The van der Waals surface area contributed by atoms with Gasteiger partial charge in [0.15, 0.2) is 5.11 Å². The van der Waals surface area contributed by atoms with Crippen LogP contribution in [-0.4, -0.2) is 17.7 Å². The molecule has 0 aliphatic heterocycles. The summed E-state index contributed by atoms with van der Waals surface area (Å²) in [6.45, 7) is 3.15. The quantitative estimate of drug-likeness (QED) is 0.700. The van der Waals surface area contributed by atoms with Crippen molar-refractivity contribution in [1.29, 1.82) is 0 Å². The highest BCUT2D eigenvalue weighted by molar-refractivity contribution is 7.80. The van der Waals surface area contributed by atoms with Gasteiger partial charge in [0.1, 0.15) is 0 Å². The summed E-state index contributed by atoms with van der Waals surface area (Å²) in [7, 11) is 0. The minimum absolute atomic E-state index is 0.649. The van der Waals surface area contributed by atoms with Crippen LogP contribution in [0.2, 0.25) is 0 Å². The number of rotatable bonds is 3. The summed E-state index contributed by atoms with van der Waals surface area (Å²) in [5.41, 5.74) is 0. The summed E-state index contributed by atoms with van der Waals surface area (Å²) >= 11 is 5.23. The molecule has 80 valence electrons. The summed E-state index contributed by atoms with van der Waals surface area (Å²) in [5.74, 6) is 2.10. The highest BCUT2D eigenvalue weighted by Crippen LogP contribution is 2.49. The second kappa shape index (κ2) is 4.47. The van der Waals surface area contributed by atoms with Crippen LogP contribution in [0.4, 0.5) is 0 Å². The average molecular weight is 212 g/mol. The molecule has 3 atom stereocenters. The molecule has 2 saturated carbocycles. The first-order valence-corrected chi connectivity index (χ1v) is 6.24. The SMILES string of the molecule is CCCNC(=S)NC1CCC2CC2C1. The number of hydrogen-bond donors (Lipinski definition) is 2. The van der Waals surface area contributed by atoms with Gasteiger partial charge in [-0.1, -0.05) is 6.92 Å². The molecule has 0 aromatic carbocycles. The van der Waals surface area contributed by atoms with E-state index in [2.05, 4.69) is 17.6 Å². The molecule has 2 rings (SSSR count). The zero-order chi connectivity index (χ0) is 9.97. The first kappa shape index (κ1) is 10.2. The molecule has 2 aliphatic rings. The van der Waals surface area contributed by atoms with Gasteiger partial charge in [-0.05, 0) is 56.2 Å². The molecule has 0 heterocycles. The number of hydrogen-bond acceptors (Lipinski definition) is 1. The molecule has 14 heavy (non-hydrogen) atoms. The third-order valence-electron chi connectivity index (χ3n) is 3.41. The van der Waals surface area contributed by atoms with Gasteiger partial charge in [0.25, 0.3) is 0 Å². The lowest BCUT2D eigenvalue weighted by atomic mass is 9.96. The summed E-state index contributed by atoms with van der Waals surface area (Å²) in [5, 5.41) is 7.52. The summed E-state index contributed by atoms with van der Waals surface area (Å²) in [4.78, 5) is 0. The van der Waals surface area contributed by atoms with Crippen LogP contribution >= 0.6 is 12.2 Å². The van der Waals surface area contributed by atoms with Crippen LogP contribution in [0.25, 0.3) is 0 Å². The van der Waals surface area contributed by atoms with Gasteiger partial charge in [0, 0.05) is 12.6 Å². The zero-order valence-corrected chi connectivity index (χ0v) is 9.70. The highest BCUT2D eigenvalue weighted by atomic mass is 32.1. The van der Waals surface area contributed by atoms with E-state index < -0.39 is 0 Å². The first-order chi connectivity index (χ1) is 6.79. The van der Waals surface area contributed by atoms with E-state index in [1.807, 2.05) is 0 Å². The van der Waals surface area contributed by atoms with Crippen molar-refractivity contribution in [2.45, 2.75) is 45.1 Å². The molecule has 0 saturated heterocycles. The van der Waals surface area contributed by atoms with Gasteiger partial charge in [-0.2, -0.15) is 0 Å². The lowest BCUT2D eigenvalue weighted by Crippen LogP contribution is -2.43. The van der Waals surface area contributed by atoms with Gasteiger partial charge < -0.3 is 10.6 Å². The molecule has 2 N–H and O–H groups in total.